The van der Waals surface area contributed by atoms with E-state index in [4.69, 9.17) is 52.1 Å². The fraction of sp³-hybridized carbons (Fsp3) is 0.910. The van der Waals surface area contributed by atoms with Crippen LogP contribution in [0.4, 0.5) is 0 Å². The second-order valence-corrected chi connectivity index (χ2v) is 46.5. The van der Waals surface area contributed by atoms with E-state index < -0.39 is 10.8 Å². The molecule has 21 nitrogen and oxygen atoms in total. The summed E-state index contributed by atoms with van der Waals surface area (Å²) in [6.45, 7) is 33.4. The third kappa shape index (κ3) is 16.0. The average molecular weight is 1850 g/mol. The van der Waals surface area contributed by atoms with Crippen molar-refractivity contribution in [3.63, 3.8) is 0 Å². The average Bonchev–Trinajstić information content (AvgIpc) is 1.33. The lowest BCUT2D eigenvalue weighted by Gasteiger charge is -2.44. The summed E-state index contributed by atoms with van der Waals surface area (Å²) in [6, 6.07) is 0. The van der Waals surface area contributed by atoms with E-state index in [2.05, 4.69) is 6.92 Å². The maximum atomic E-state index is 12.7. The molecule has 0 amide bonds. The zero-order valence-electron chi connectivity index (χ0n) is 75.8. The van der Waals surface area contributed by atoms with Gasteiger partial charge in [0.2, 0.25) is 0 Å². The van der Waals surface area contributed by atoms with Crippen molar-refractivity contribution >= 4 is 59.7 Å². The van der Waals surface area contributed by atoms with Crippen LogP contribution >= 0.6 is 0 Å². The van der Waals surface area contributed by atoms with Gasteiger partial charge in [0, 0.05) is 49.0 Å². The molecule has 25 fully saturated rings. The molecule has 132 heavy (non-hydrogen) atoms. The summed E-state index contributed by atoms with van der Waals surface area (Å²) in [4.78, 5) is 123. The Kier molecular flexibility index (Phi) is 32.7. The lowest BCUT2D eigenvalue weighted by Crippen LogP contribution is -2.50. The Labute approximate surface area is 797 Å². The van der Waals surface area contributed by atoms with Crippen LogP contribution < -0.4 is 0 Å². The van der Waals surface area contributed by atoms with E-state index in [9.17, 15) is 47.9 Å². The fourth-order valence-electron chi connectivity index (χ4n) is 36.2. The molecule has 21 heteroatoms. The molecule has 48 atom stereocenters. The monoisotopic (exact) mass is 1850 g/mol. The summed E-state index contributed by atoms with van der Waals surface area (Å²) in [5.74, 6) is 21.6. The van der Waals surface area contributed by atoms with Crippen LogP contribution in [0.5, 0.6) is 0 Å². The highest BCUT2D eigenvalue weighted by atomic mass is 16.6. The summed E-state index contributed by atoms with van der Waals surface area (Å²) in [5.41, 5.74) is -1.25. The summed E-state index contributed by atoms with van der Waals surface area (Å²) in [7, 11) is 1.75. The Morgan fingerprint density at radius 1 is 0.318 bits per heavy atom. The van der Waals surface area contributed by atoms with E-state index in [0.717, 1.165) is 82.0 Å². The molecule has 0 aromatic heterocycles. The van der Waals surface area contributed by atoms with E-state index in [1.807, 2.05) is 96.9 Å². The van der Waals surface area contributed by atoms with Gasteiger partial charge in [0.25, 0.3) is 0 Å². The fourth-order valence-corrected chi connectivity index (χ4v) is 36.2. The molecular formula is C111H184O21. The summed E-state index contributed by atoms with van der Waals surface area (Å²) in [5, 5.41) is 0. The molecule has 5 heterocycles. The van der Waals surface area contributed by atoms with Gasteiger partial charge in [0.05, 0.1) is 90.9 Å². The number of esters is 10. The van der Waals surface area contributed by atoms with Crippen molar-refractivity contribution in [3.05, 3.63) is 0 Å². The number of cyclic esters (lactones) is 5. The summed E-state index contributed by atoms with van der Waals surface area (Å²) >= 11 is 0. The first kappa shape index (κ1) is 109. The zero-order chi connectivity index (χ0) is 85.7. The van der Waals surface area contributed by atoms with Crippen LogP contribution in [0.3, 0.4) is 0 Å². The Hall–Kier alpha value is -5.34. The minimum absolute atomic E-state index is 0. The van der Waals surface area contributed by atoms with Crippen LogP contribution in [0.15, 0.2) is 0 Å². The quantitative estimate of drug-likeness (QED) is 0.0789. The van der Waals surface area contributed by atoms with Gasteiger partial charge in [-0.05, 0) is 335 Å². The minimum Gasteiger partial charge on any atom is -0.465 e. The molecule has 25 aliphatic rings. The van der Waals surface area contributed by atoms with Gasteiger partial charge in [-0.2, -0.15) is 0 Å². The van der Waals surface area contributed by atoms with Crippen molar-refractivity contribution in [1.82, 2.24) is 0 Å². The van der Waals surface area contributed by atoms with Crippen molar-refractivity contribution in [2.75, 3.05) is 40.1 Å². The molecular weight excluding hydrogens is 1670 g/mol. The zero-order valence-corrected chi connectivity index (χ0v) is 75.8. The largest absolute Gasteiger partial charge is 0.465 e. The number of carbonyl (C=O) groups is 10. The second-order valence-electron chi connectivity index (χ2n) is 46.5. The van der Waals surface area contributed by atoms with Crippen LogP contribution in [-0.2, 0) is 100 Å². The maximum absolute atomic E-state index is 12.7. The number of fused-ring (bicyclic) bond motifs is 60. The normalized spacial score (nSPS) is 47.3. The molecule has 0 radical (unpaired) electrons. The van der Waals surface area contributed by atoms with Crippen molar-refractivity contribution in [2.24, 2.45) is 265 Å². The Bertz CT molecular complexity index is 4150. The van der Waals surface area contributed by atoms with Gasteiger partial charge in [0.1, 0.15) is 30.5 Å². The van der Waals surface area contributed by atoms with Crippen LogP contribution in [0.1, 0.15) is 300 Å². The molecule has 5 saturated heterocycles. The minimum atomic E-state index is -0.464. The molecule has 0 aromatic rings. The molecule has 0 N–H and O–H groups in total. The molecule has 5 aliphatic heterocycles. The van der Waals surface area contributed by atoms with E-state index in [1.54, 1.807) is 7.11 Å². The van der Waals surface area contributed by atoms with Crippen molar-refractivity contribution in [2.45, 2.75) is 337 Å². The van der Waals surface area contributed by atoms with Crippen LogP contribution in [0.2, 0.25) is 0 Å². The van der Waals surface area contributed by atoms with E-state index in [0.29, 0.717) is 235 Å². The molecule has 20 aliphatic carbocycles. The summed E-state index contributed by atoms with van der Waals surface area (Å²) < 4.78 is 62.7. The van der Waals surface area contributed by atoms with Crippen LogP contribution in [-0.4, -0.2) is 136 Å². The number of hydrogen-bond donors (Lipinski definition) is 0. The molecule has 20 saturated carbocycles. The van der Waals surface area contributed by atoms with Gasteiger partial charge in [0.15, 0.2) is 0 Å². The van der Waals surface area contributed by atoms with E-state index >= 15 is 0 Å². The first-order valence-electron chi connectivity index (χ1n) is 49.8. The highest BCUT2D eigenvalue weighted by Crippen LogP contribution is 2.78. The molecule has 0 spiro atoms. The van der Waals surface area contributed by atoms with Gasteiger partial charge in [-0.1, -0.05) is 137 Å². The third-order valence-electron chi connectivity index (χ3n) is 41.8. The van der Waals surface area contributed by atoms with Crippen molar-refractivity contribution in [3.8, 4) is 0 Å². The Balaban J connectivity index is 0.000000167. The second kappa shape index (κ2) is 39.7. The van der Waals surface area contributed by atoms with Gasteiger partial charge in [-0.3, -0.25) is 47.9 Å². The highest BCUT2D eigenvalue weighted by molar-refractivity contribution is 5.80. The number of carbonyl (C=O) groups excluding carboxylic acids is 10. The topological polar surface area (TPSA) is 272 Å². The predicted octanol–water partition coefficient (Wildman–Crippen LogP) is 21.5. The number of hydrogen-bond acceptors (Lipinski definition) is 21. The van der Waals surface area contributed by atoms with Gasteiger partial charge in [-0.15, -0.1) is 0 Å². The highest BCUT2D eigenvalue weighted by Gasteiger charge is 2.78. The summed E-state index contributed by atoms with van der Waals surface area (Å²) in [6.07, 6.45) is 20.0. The predicted molar refractivity (Wildman–Crippen MR) is 509 cm³/mol. The molecule has 48 unspecified atom stereocenters. The third-order valence-corrected chi connectivity index (χ3v) is 41.8. The van der Waals surface area contributed by atoms with E-state index in [-0.39, 0.29) is 212 Å². The van der Waals surface area contributed by atoms with Crippen molar-refractivity contribution in [1.29, 1.82) is 0 Å². The number of methoxy groups -OCH3 is 1. The van der Waals surface area contributed by atoms with Gasteiger partial charge < -0.3 is 52.1 Å². The first-order chi connectivity index (χ1) is 58.4. The van der Waals surface area contributed by atoms with Gasteiger partial charge >= 0.3 is 59.7 Å². The lowest BCUT2D eigenvalue weighted by atomic mass is 9.61. The molecule has 25 rings (SSSR count). The van der Waals surface area contributed by atoms with Crippen LogP contribution in [0, 0.1) is 265 Å². The number of ether oxygens (including phenoxy) is 11. The molecule has 0 aromatic carbocycles. The molecule has 754 valence electrons. The smallest absolute Gasteiger partial charge is 0.311 e. The maximum Gasteiger partial charge on any atom is 0.311 e. The Morgan fingerprint density at radius 2 is 0.583 bits per heavy atom. The first-order valence-corrected chi connectivity index (χ1v) is 49.8. The van der Waals surface area contributed by atoms with Gasteiger partial charge in [-0.25, -0.2) is 0 Å². The SMILES string of the molecule is C.C.C.C.C.C.C.C.C.C.CC.CCC(C)(C)C(=O)OC1C(C)C2CC1C1C3CC(C4COC(=O)C43)C21.CCC(C)(C)C(=O)OC1C2CC(C1OC)C1C3CC(C4C(=O)OCC34)C21.CCC(C)(C)C(=O)OC1CC2CC1C1C3CC(C4C(=O)OCC34)C21.CCC(C)C(=O)OC1CC2CC1C1C3CC(C4C(=O)OCC34)C21.CCCC(=O)OC1CC2CC1C1C3CC(C4COC(=O)C43)C21. The van der Waals surface area contributed by atoms with Crippen LogP contribution in [0.25, 0.3) is 0 Å². The molecule has 20 bridgehead atoms. The Morgan fingerprint density at radius 3 is 0.932 bits per heavy atom. The van der Waals surface area contributed by atoms with Crippen molar-refractivity contribution < 1.29 is 100 Å². The lowest BCUT2D eigenvalue weighted by molar-refractivity contribution is -0.178. The standard InChI is InChI=1S/C21H30O5.C21H30O4.C20H28O4.C19H26O4.C18H24O4.C2H6.10CH4/c1-5-21(2,3)20(23)26-18-12-7-11(17(18)24-4)14-9-6-10(15(12)14)16-13(9)8-25-19(16)22;1-5-21(3,4)20(23)25-18-9(2)10-6-13(18)16-12-7-11(15(10)16)14-8-24-19(22)17(12)14;1-4-20(2,3)19(22)24-14-6-9-5-11(14)16-10-7-12(15(9)16)17-13(10)8-23-18(17)21;1-3-8(2)18(20)23-14-5-9-4-11(14)16-10-6-12(15(9)16)17-13(10)7-22-19(17)21;1-2-3-14(19)22-13-5-8-4-10(13)16-11-6-9(15(8)16)12-7-21-18(20)17(11)12;1-2;;;;;;;;;;/h9-18H,5-8H2,1-4H3;9-18H,5-8H2,1-4H3;9-17H,4-8H2,1-3H3;8-17H,3-7H2,1-2H3;8-13,15-17H,2-7H2,1H3;1-2H3;10*1H4. The number of rotatable bonds is 16. The van der Waals surface area contributed by atoms with E-state index in [1.165, 1.54) is 51.4 Å².